The van der Waals surface area contributed by atoms with Crippen LogP contribution in [-0.4, -0.2) is 11.9 Å². The Bertz CT molecular complexity index is 75.5. The molecule has 0 rings (SSSR count). The highest BCUT2D eigenvalue weighted by Gasteiger charge is 2.13. The largest absolute Gasteiger partial charge is 0.327 e. The number of nitrogens with two attached hydrogens (primary N) is 1. The monoisotopic (exact) mass is 149 g/mol. The molecular formula is C7H16ClN. The molecule has 56 valence electrons. The second-order valence-electron chi connectivity index (χ2n) is 3.68. The standard InChI is InChI=1S/C7H16ClN/c1-7(2,3)4-6(9)5-8/h6H,4-5,9H2,1-3H3. The van der Waals surface area contributed by atoms with E-state index in [1.807, 2.05) is 0 Å². The fourth-order valence-electron chi connectivity index (χ4n) is 0.841. The lowest BCUT2D eigenvalue weighted by Crippen LogP contribution is -2.27. The van der Waals surface area contributed by atoms with Gasteiger partial charge in [-0.3, -0.25) is 0 Å². The zero-order valence-electron chi connectivity index (χ0n) is 6.45. The lowest BCUT2D eigenvalue weighted by atomic mass is 9.89. The van der Waals surface area contributed by atoms with Gasteiger partial charge in [-0.05, 0) is 11.8 Å². The van der Waals surface area contributed by atoms with Crippen molar-refractivity contribution in [1.29, 1.82) is 0 Å². The SMILES string of the molecule is CC(C)(C)CC(N)CCl. The van der Waals surface area contributed by atoms with Crippen LogP contribution in [0.1, 0.15) is 27.2 Å². The van der Waals surface area contributed by atoms with Gasteiger partial charge in [-0.25, -0.2) is 0 Å². The Kier molecular flexibility index (Phi) is 3.52. The van der Waals surface area contributed by atoms with Gasteiger partial charge in [0, 0.05) is 11.9 Å². The van der Waals surface area contributed by atoms with Gasteiger partial charge in [-0.1, -0.05) is 20.8 Å². The van der Waals surface area contributed by atoms with E-state index in [0.717, 1.165) is 6.42 Å². The Morgan fingerprint density at radius 3 is 2.00 bits per heavy atom. The van der Waals surface area contributed by atoms with Gasteiger partial charge in [0.15, 0.2) is 0 Å². The molecule has 0 aromatic heterocycles. The molecule has 2 heteroatoms. The van der Waals surface area contributed by atoms with Crippen molar-refractivity contribution < 1.29 is 0 Å². The van der Waals surface area contributed by atoms with Crippen molar-refractivity contribution in [3.8, 4) is 0 Å². The fraction of sp³-hybridized carbons (Fsp3) is 1.00. The summed E-state index contributed by atoms with van der Waals surface area (Å²) in [5.74, 6) is 0.567. The highest BCUT2D eigenvalue weighted by atomic mass is 35.5. The van der Waals surface area contributed by atoms with Gasteiger partial charge in [0.25, 0.3) is 0 Å². The molecule has 0 heterocycles. The van der Waals surface area contributed by atoms with Crippen molar-refractivity contribution in [3.05, 3.63) is 0 Å². The minimum absolute atomic E-state index is 0.159. The van der Waals surface area contributed by atoms with Gasteiger partial charge in [0.2, 0.25) is 0 Å². The van der Waals surface area contributed by atoms with Gasteiger partial charge in [-0.15, -0.1) is 11.6 Å². The molecule has 0 radical (unpaired) electrons. The molecule has 0 fully saturated rings. The minimum atomic E-state index is 0.159. The summed E-state index contributed by atoms with van der Waals surface area (Å²) in [5, 5.41) is 0. The average molecular weight is 150 g/mol. The topological polar surface area (TPSA) is 26.0 Å². The lowest BCUT2D eigenvalue weighted by molar-refractivity contribution is 0.350. The third-order valence-electron chi connectivity index (χ3n) is 1.07. The number of hydrogen-bond acceptors (Lipinski definition) is 1. The molecule has 0 aliphatic carbocycles. The molecule has 0 amide bonds. The van der Waals surface area contributed by atoms with Crippen molar-refractivity contribution in [3.63, 3.8) is 0 Å². The number of alkyl halides is 1. The normalized spacial score (nSPS) is 15.7. The predicted octanol–water partition coefficient (Wildman–Crippen LogP) is 1.99. The van der Waals surface area contributed by atoms with Crippen LogP contribution in [0.3, 0.4) is 0 Å². The van der Waals surface area contributed by atoms with E-state index in [9.17, 15) is 0 Å². The van der Waals surface area contributed by atoms with Crippen LogP contribution in [0.25, 0.3) is 0 Å². The van der Waals surface area contributed by atoms with Crippen LogP contribution < -0.4 is 5.73 Å². The first-order valence-corrected chi connectivity index (χ1v) is 3.81. The molecule has 0 saturated carbocycles. The van der Waals surface area contributed by atoms with E-state index in [0.29, 0.717) is 11.3 Å². The molecule has 0 aromatic carbocycles. The van der Waals surface area contributed by atoms with E-state index >= 15 is 0 Å². The van der Waals surface area contributed by atoms with Gasteiger partial charge < -0.3 is 5.73 Å². The summed E-state index contributed by atoms with van der Waals surface area (Å²) < 4.78 is 0. The highest BCUT2D eigenvalue weighted by molar-refractivity contribution is 6.18. The Morgan fingerprint density at radius 1 is 1.44 bits per heavy atom. The average Bonchev–Trinajstić information content (AvgIpc) is 1.62. The first-order valence-electron chi connectivity index (χ1n) is 3.27. The summed E-state index contributed by atoms with van der Waals surface area (Å²) in [4.78, 5) is 0. The van der Waals surface area contributed by atoms with Crippen molar-refractivity contribution >= 4 is 11.6 Å². The van der Waals surface area contributed by atoms with E-state index in [1.54, 1.807) is 0 Å². The molecule has 9 heavy (non-hydrogen) atoms. The van der Waals surface area contributed by atoms with E-state index in [4.69, 9.17) is 17.3 Å². The number of halogens is 1. The number of rotatable bonds is 2. The molecule has 0 bridgehead atoms. The molecule has 0 saturated heterocycles. The molecule has 0 aromatic rings. The Hall–Kier alpha value is 0.250. The molecule has 1 nitrogen and oxygen atoms in total. The fourth-order valence-corrected chi connectivity index (χ4v) is 0.950. The van der Waals surface area contributed by atoms with Crippen molar-refractivity contribution in [2.45, 2.75) is 33.2 Å². The van der Waals surface area contributed by atoms with Gasteiger partial charge >= 0.3 is 0 Å². The second kappa shape index (κ2) is 3.43. The predicted molar refractivity (Wildman–Crippen MR) is 42.8 cm³/mol. The van der Waals surface area contributed by atoms with E-state index in [-0.39, 0.29) is 6.04 Å². The zero-order chi connectivity index (χ0) is 7.49. The van der Waals surface area contributed by atoms with Crippen molar-refractivity contribution in [1.82, 2.24) is 0 Å². The van der Waals surface area contributed by atoms with Gasteiger partial charge in [-0.2, -0.15) is 0 Å². The van der Waals surface area contributed by atoms with Crippen LogP contribution in [-0.2, 0) is 0 Å². The maximum atomic E-state index is 5.63. The summed E-state index contributed by atoms with van der Waals surface area (Å²) in [7, 11) is 0. The third-order valence-corrected chi connectivity index (χ3v) is 1.47. The maximum Gasteiger partial charge on any atom is 0.0375 e. The van der Waals surface area contributed by atoms with Crippen LogP contribution >= 0.6 is 11.6 Å². The maximum absolute atomic E-state index is 5.63. The van der Waals surface area contributed by atoms with Crippen LogP contribution in [0.5, 0.6) is 0 Å². The molecule has 1 unspecified atom stereocenters. The highest BCUT2D eigenvalue weighted by Crippen LogP contribution is 2.19. The Labute approximate surface area is 62.6 Å². The van der Waals surface area contributed by atoms with Gasteiger partial charge in [0.05, 0.1) is 0 Å². The summed E-state index contributed by atoms with van der Waals surface area (Å²) in [5.41, 5.74) is 5.94. The zero-order valence-corrected chi connectivity index (χ0v) is 7.20. The van der Waals surface area contributed by atoms with Crippen LogP contribution in [0.2, 0.25) is 0 Å². The lowest BCUT2D eigenvalue weighted by Gasteiger charge is -2.21. The Morgan fingerprint density at radius 2 is 1.89 bits per heavy atom. The first-order chi connectivity index (χ1) is 3.95. The molecule has 1 atom stereocenters. The Balaban J connectivity index is 3.47. The van der Waals surface area contributed by atoms with Gasteiger partial charge in [0.1, 0.15) is 0 Å². The minimum Gasteiger partial charge on any atom is -0.327 e. The summed E-state index contributed by atoms with van der Waals surface area (Å²) in [6.45, 7) is 6.50. The first kappa shape index (κ1) is 9.25. The van der Waals surface area contributed by atoms with Crippen LogP contribution in [0.4, 0.5) is 0 Å². The summed E-state index contributed by atoms with van der Waals surface area (Å²) >= 11 is 5.53. The smallest absolute Gasteiger partial charge is 0.0375 e. The molecule has 0 spiro atoms. The summed E-state index contributed by atoms with van der Waals surface area (Å²) in [6.07, 6.45) is 0.997. The van der Waals surface area contributed by atoms with E-state index in [1.165, 1.54) is 0 Å². The van der Waals surface area contributed by atoms with Crippen molar-refractivity contribution in [2.24, 2.45) is 11.1 Å². The van der Waals surface area contributed by atoms with Crippen LogP contribution in [0.15, 0.2) is 0 Å². The number of hydrogen-bond donors (Lipinski definition) is 1. The second-order valence-corrected chi connectivity index (χ2v) is 3.99. The molecular weight excluding hydrogens is 134 g/mol. The quantitative estimate of drug-likeness (QED) is 0.598. The van der Waals surface area contributed by atoms with E-state index < -0.39 is 0 Å². The molecule has 0 aliphatic heterocycles. The molecule has 2 N–H and O–H groups in total. The third kappa shape index (κ3) is 6.13. The van der Waals surface area contributed by atoms with E-state index in [2.05, 4.69) is 20.8 Å². The van der Waals surface area contributed by atoms with Crippen molar-refractivity contribution in [2.75, 3.05) is 5.88 Å². The molecule has 0 aliphatic rings. The van der Waals surface area contributed by atoms with Crippen LogP contribution in [0, 0.1) is 5.41 Å². The summed E-state index contributed by atoms with van der Waals surface area (Å²) in [6, 6.07) is 0.159.